The van der Waals surface area contributed by atoms with Crippen LogP contribution in [0.2, 0.25) is 0 Å². The highest BCUT2D eigenvalue weighted by molar-refractivity contribution is 5.88. The highest BCUT2D eigenvalue weighted by atomic mass is 16.5. The highest BCUT2D eigenvalue weighted by Crippen LogP contribution is 2.09. The zero-order chi connectivity index (χ0) is 13.0. The Morgan fingerprint density at radius 1 is 1.56 bits per heavy atom. The van der Waals surface area contributed by atoms with Gasteiger partial charge in [-0.05, 0) is 13.0 Å². The Labute approximate surface area is 106 Å². The first kappa shape index (κ1) is 12.6. The van der Waals surface area contributed by atoms with E-state index >= 15 is 0 Å². The van der Waals surface area contributed by atoms with Crippen molar-refractivity contribution >= 4 is 11.8 Å². The quantitative estimate of drug-likeness (QED) is 0.791. The number of ether oxygens (including phenoxy) is 1. The SMILES string of the molecule is COc1ccc(NC(=O)N2CCNC(C)C2)nn1. The molecule has 1 fully saturated rings. The van der Waals surface area contributed by atoms with Crippen LogP contribution in [0.1, 0.15) is 6.92 Å². The third kappa shape index (κ3) is 3.07. The number of piperazine rings is 1. The molecular formula is C11H17N5O2. The molecule has 0 radical (unpaired) electrons. The minimum absolute atomic E-state index is 0.150. The summed E-state index contributed by atoms with van der Waals surface area (Å²) in [6, 6.07) is 3.48. The predicted molar refractivity (Wildman–Crippen MR) is 66.6 cm³/mol. The Bertz CT molecular complexity index is 408. The van der Waals surface area contributed by atoms with Gasteiger partial charge >= 0.3 is 6.03 Å². The molecule has 0 spiro atoms. The fraction of sp³-hybridized carbons (Fsp3) is 0.545. The molecule has 7 nitrogen and oxygen atoms in total. The lowest BCUT2D eigenvalue weighted by Crippen LogP contribution is -2.52. The lowest BCUT2D eigenvalue weighted by Gasteiger charge is -2.31. The topological polar surface area (TPSA) is 79.4 Å². The van der Waals surface area contributed by atoms with Gasteiger partial charge in [-0.3, -0.25) is 5.32 Å². The lowest BCUT2D eigenvalue weighted by atomic mass is 10.2. The van der Waals surface area contributed by atoms with E-state index in [-0.39, 0.29) is 6.03 Å². The van der Waals surface area contributed by atoms with Crippen LogP contribution in [0.15, 0.2) is 12.1 Å². The highest BCUT2D eigenvalue weighted by Gasteiger charge is 2.20. The summed E-state index contributed by atoms with van der Waals surface area (Å²) in [5.41, 5.74) is 0. The van der Waals surface area contributed by atoms with E-state index in [0.29, 0.717) is 30.8 Å². The summed E-state index contributed by atoms with van der Waals surface area (Å²) < 4.78 is 4.90. The maximum Gasteiger partial charge on any atom is 0.323 e. The van der Waals surface area contributed by atoms with Gasteiger partial charge in [0.2, 0.25) is 5.88 Å². The second-order valence-corrected chi connectivity index (χ2v) is 4.19. The molecule has 0 saturated carbocycles. The molecule has 7 heteroatoms. The molecular weight excluding hydrogens is 234 g/mol. The molecule has 2 N–H and O–H groups in total. The Morgan fingerprint density at radius 3 is 3.00 bits per heavy atom. The lowest BCUT2D eigenvalue weighted by molar-refractivity contribution is 0.192. The van der Waals surface area contributed by atoms with Gasteiger partial charge in [0.15, 0.2) is 5.82 Å². The zero-order valence-corrected chi connectivity index (χ0v) is 10.5. The fourth-order valence-corrected chi connectivity index (χ4v) is 1.80. The molecule has 1 aliphatic heterocycles. The maximum atomic E-state index is 12.0. The summed E-state index contributed by atoms with van der Waals surface area (Å²) in [5, 5.41) is 13.6. The van der Waals surface area contributed by atoms with Crippen molar-refractivity contribution in [3.05, 3.63) is 12.1 Å². The number of urea groups is 1. The molecule has 1 atom stereocenters. The van der Waals surface area contributed by atoms with E-state index in [1.165, 1.54) is 7.11 Å². The standard InChI is InChI=1S/C11H17N5O2/c1-8-7-16(6-5-12-8)11(17)13-9-3-4-10(18-2)15-14-9/h3-4,8,12H,5-7H2,1-2H3,(H,13,14,17). The van der Waals surface area contributed by atoms with Crippen molar-refractivity contribution in [2.24, 2.45) is 0 Å². The van der Waals surface area contributed by atoms with Crippen molar-refractivity contribution in [2.45, 2.75) is 13.0 Å². The van der Waals surface area contributed by atoms with Crippen LogP contribution in [0.5, 0.6) is 5.88 Å². The molecule has 2 rings (SSSR count). The average molecular weight is 251 g/mol. The molecule has 1 aromatic heterocycles. The van der Waals surface area contributed by atoms with Crippen molar-refractivity contribution in [1.29, 1.82) is 0 Å². The van der Waals surface area contributed by atoms with Crippen molar-refractivity contribution in [2.75, 3.05) is 32.1 Å². The molecule has 0 aliphatic carbocycles. The van der Waals surface area contributed by atoms with Crippen LogP contribution in [-0.4, -0.2) is 53.9 Å². The van der Waals surface area contributed by atoms with Gasteiger partial charge in [-0.25, -0.2) is 4.79 Å². The minimum Gasteiger partial charge on any atom is -0.480 e. The zero-order valence-electron chi connectivity index (χ0n) is 10.5. The normalized spacial score (nSPS) is 19.4. The Hall–Kier alpha value is -1.89. The molecule has 1 aromatic rings. The summed E-state index contributed by atoms with van der Waals surface area (Å²) in [7, 11) is 1.52. The third-order valence-electron chi connectivity index (χ3n) is 2.74. The van der Waals surface area contributed by atoms with E-state index < -0.39 is 0 Å². The molecule has 1 saturated heterocycles. The van der Waals surface area contributed by atoms with Gasteiger partial charge in [-0.1, -0.05) is 0 Å². The molecule has 2 heterocycles. The smallest absolute Gasteiger partial charge is 0.323 e. The first-order chi connectivity index (χ1) is 8.69. The van der Waals surface area contributed by atoms with Crippen molar-refractivity contribution in [3.8, 4) is 5.88 Å². The van der Waals surface area contributed by atoms with E-state index in [1.54, 1.807) is 17.0 Å². The molecule has 1 aliphatic rings. The maximum absolute atomic E-state index is 12.0. The van der Waals surface area contributed by atoms with Crippen molar-refractivity contribution in [1.82, 2.24) is 20.4 Å². The number of aromatic nitrogens is 2. The van der Waals surface area contributed by atoms with Crippen molar-refractivity contribution < 1.29 is 9.53 Å². The molecule has 18 heavy (non-hydrogen) atoms. The Kier molecular flexibility index (Phi) is 3.93. The van der Waals surface area contributed by atoms with Gasteiger partial charge in [0.05, 0.1) is 7.11 Å². The summed E-state index contributed by atoms with van der Waals surface area (Å²) in [5.74, 6) is 0.843. The molecule has 1 unspecified atom stereocenters. The third-order valence-corrected chi connectivity index (χ3v) is 2.74. The number of hydrogen-bond acceptors (Lipinski definition) is 5. The van der Waals surface area contributed by atoms with Crippen LogP contribution < -0.4 is 15.4 Å². The van der Waals surface area contributed by atoms with Crippen molar-refractivity contribution in [3.63, 3.8) is 0 Å². The number of amides is 2. The molecule has 0 aromatic carbocycles. The van der Waals surface area contributed by atoms with Gasteiger partial charge in [0, 0.05) is 31.7 Å². The summed E-state index contributed by atoms with van der Waals surface area (Å²) in [4.78, 5) is 13.7. The van der Waals surface area contributed by atoms with Gasteiger partial charge in [-0.15, -0.1) is 10.2 Å². The predicted octanol–water partition coefficient (Wildman–Crippen LogP) is 0.311. The average Bonchev–Trinajstić information content (AvgIpc) is 2.39. The van der Waals surface area contributed by atoms with E-state index in [2.05, 4.69) is 20.8 Å². The van der Waals surface area contributed by atoms with Crippen LogP contribution >= 0.6 is 0 Å². The number of carbonyl (C=O) groups is 1. The van der Waals surface area contributed by atoms with Crippen LogP contribution in [0.4, 0.5) is 10.6 Å². The van der Waals surface area contributed by atoms with Gasteiger partial charge in [0.25, 0.3) is 0 Å². The molecule has 98 valence electrons. The number of nitrogens with one attached hydrogen (secondary N) is 2. The largest absolute Gasteiger partial charge is 0.480 e. The van der Waals surface area contributed by atoms with E-state index in [1.807, 2.05) is 6.92 Å². The second-order valence-electron chi connectivity index (χ2n) is 4.19. The van der Waals surface area contributed by atoms with E-state index in [0.717, 1.165) is 6.54 Å². The van der Waals surface area contributed by atoms with Crippen LogP contribution in [0.3, 0.4) is 0 Å². The number of anilines is 1. The fourth-order valence-electron chi connectivity index (χ4n) is 1.80. The monoisotopic (exact) mass is 251 g/mol. The molecule has 2 amide bonds. The molecule has 0 bridgehead atoms. The van der Waals surface area contributed by atoms with Gasteiger partial charge in [-0.2, -0.15) is 0 Å². The van der Waals surface area contributed by atoms with Gasteiger partial charge < -0.3 is 15.0 Å². The number of carbonyl (C=O) groups excluding carboxylic acids is 1. The number of nitrogens with zero attached hydrogens (tertiary/aromatic N) is 3. The summed E-state index contributed by atoms with van der Waals surface area (Å²) in [6.07, 6.45) is 0. The number of hydrogen-bond donors (Lipinski definition) is 2. The minimum atomic E-state index is -0.150. The van der Waals surface area contributed by atoms with Crippen LogP contribution in [0.25, 0.3) is 0 Å². The van der Waals surface area contributed by atoms with Gasteiger partial charge in [0.1, 0.15) is 0 Å². The first-order valence-corrected chi connectivity index (χ1v) is 5.86. The summed E-state index contributed by atoms with van der Waals surface area (Å²) in [6.45, 7) is 4.24. The second kappa shape index (κ2) is 5.63. The first-order valence-electron chi connectivity index (χ1n) is 5.86. The van der Waals surface area contributed by atoms with E-state index in [9.17, 15) is 4.79 Å². The number of methoxy groups -OCH3 is 1. The van der Waals surface area contributed by atoms with Crippen LogP contribution in [-0.2, 0) is 0 Å². The van der Waals surface area contributed by atoms with Crippen LogP contribution in [0, 0.1) is 0 Å². The Morgan fingerprint density at radius 2 is 2.39 bits per heavy atom. The van der Waals surface area contributed by atoms with E-state index in [4.69, 9.17) is 4.74 Å². The number of rotatable bonds is 2. The Balaban J connectivity index is 1.93. The summed E-state index contributed by atoms with van der Waals surface area (Å²) >= 11 is 0.